The lowest BCUT2D eigenvalue weighted by Gasteiger charge is -2.39. The third kappa shape index (κ3) is 6.84. The number of piperazine rings is 1. The zero-order valence-electron chi connectivity index (χ0n) is 20.6. The third-order valence-corrected chi connectivity index (χ3v) is 7.41. The number of likely N-dealkylation sites (tertiary alicyclic amines) is 1. The summed E-state index contributed by atoms with van der Waals surface area (Å²) >= 11 is 3.55. The van der Waals surface area contributed by atoms with E-state index in [4.69, 9.17) is 0 Å². The van der Waals surface area contributed by atoms with Gasteiger partial charge in [-0.05, 0) is 36.5 Å². The van der Waals surface area contributed by atoms with E-state index < -0.39 is 0 Å². The van der Waals surface area contributed by atoms with Gasteiger partial charge in [0.2, 0.25) is 17.7 Å². The summed E-state index contributed by atoms with van der Waals surface area (Å²) in [4.78, 5) is 42.6. The molecule has 0 radical (unpaired) electrons. The number of rotatable bonds is 7. The highest BCUT2D eigenvalue weighted by Gasteiger charge is 2.26. The summed E-state index contributed by atoms with van der Waals surface area (Å²) in [5.41, 5.74) is 2.53. The highest BCUT2D eigenvalue weighted by atomic mass is 79.9. The van der Waals surface area contributed by atoms with Crippen molar-refractivity contribution in [2.24, 2.45) is 11.8 Å². The Kier molecular flexibility index (Phi) is 9.17. The predicted octanol–water partition coefficient (Wildman–Crippen LogP) is 4.20. The van der Waals surface area contributed by atoms with Crippen LogP contribution >= 0.6 is 15.9 Å². The summed E-state index contributed by atoms with van der Waals surface area (Å²) in [7, 11) is 0. The van der Waals surface area contributed by atoms with Gasteiger partial charge in [-0.3, -0.25) is 14.4 Å². The first-order chi connectivity index (χ1) is 16.2. The van der Waals surface area contributed by atoms with Crippen LogP contribution in [0.2, 0.25) is 0 Å². The average Bonchev–Trinajstić information content (AvgIpc) is 2.82. The third-order valence-electron chi connectivity index (χ3n) is 6.92. The lowest BCUT2D eigenvalue weighted by Crippen LogP contribution is -2.50. The number of carbonyl (C=O) groups excluding carboxylic acids is 3. The first-order valence-electron chi connectivity index (χ1n) is 12.2. The van der Waals surface area contributed by atoms with Crippen molar-refractivity contribution >= 4 is 45.0 Å². The number of carbonyl (C=O) groups is 3. The van der Waals surface area contributed by atoms with E-state index in [1.54, 1.807) is 16.7 Å². The first-order valence-corrected chi connectivity index (χ1v) is 13.0. The minimum absolute atomic E-state index is 0.0302. The van der Waals surface area contributed by atoms with Crippen LogP contribution in [0.1, 0.15) is 52.0 Å². The van der Waals surface area contributed by atoms with Gasteiger partial charge in [-0.2, -0.15) is 0 Å². The van der Waals surface area contributed by atoms with Crippen LogP contribution in [0.15, 0.2) is 29.3 Å². The Bertz CT molecular complexity index is 927. The average molecular weight is 534 g/mol. The van der Waals surface area contributed by atoms with Gasteiger partial charge in [0.25, 0.3) is 0 Å². The summed E-state index contributed by atoms with van der Waals surface area (Å²) in [6, 6.07) is 5.79. The lowest BCUT2D eigenvalue weighted by molar-refractivity contribution is -0.138. The number of hydrogen-bond acceptors (Lipinski definition) is 4. The van der Waals surface area contributed by atoms with Gasteiger partial charge in [0.15, 0.2) is 0 Å². The standard InChI is InChI=1S/C26H37BrN4O3/c1-5-21-14-18(2)16-31(17-21)19(3)23-15-22(27)6-7-24(23)28-25(33)8-9-26(34)30-12-10-29(11-13-30)20(4)32/h6-7,15,18,21H,3,5,8-14,16-17H2,1-2,4H3,(H,28,33). The molecule has 0 spiro atoms. The van der Waals surface area contributed by atoms with Crippen LogP contribution in [-0.2, 0) is 14.4 Å². The Labute approximate surface area is 211 Å². The van der Waals surface area contributed by atoms with E-state index in [2.05, 4.69) is 46.6 Å². The van der Waals surface area contributed by atoms with E-state index in [9.17, 15) is 14.4 Å². The fourth-order valence-electron chi connectivity index (χ4n) is 4.89. The predicted molar refractivity (Wildman–Crippen MR) is 139 cm³/mol. The Morgan fingerprint density at radius 2 is 1.74 bits per heavy atom. The highest BCUT2D eigenvalue weighted by Crippen LogP contribution is 2.33. The van der Waals surface area contributed by atoms with Crippen LogP contribution < -0.4 is 5.32 Å². The molecule has 2 heterocycles. The molecule has 186 valence electrons. The van der Waals surface area contributed by atoms with Gasteiger partial charge in [-0.25, -0.2) is 0 Å². The van der Waals surface area contributed by atoms with Gasteiger partial charge in [0, 0.05) is 74.8 Å². The monoisotopic (exact) mass is 532 g/mol. The van der Waals surface area contributed by atoms with Crippen LogP contribution in [0.5, 0.6) is 0 Å². The number of benzene rings is 1. The van der Waals surface area contributed by atoms with Gasteiger partial charge in [-0.15, -0.1) is 0 Å². The molecule has 3 amide bonds. The maximum absolute atomic E-state index is 12.7. The summed E-state index contributed by atoms with van der Waals surface area (Å²) < 4.78 is 0.929. The molecule has 1 aromatic rings. The molecule has 8 heteroatoms. The normalized spacial score (nSPS) is 20.8. The zero-order valence-corrected chi connectivity index (χ0v) is 22.2. The number of amides is 3. The number of halogens is 1. The van der Waals surface area contributed by atoms with E-state index in [1.165, 1.54) is 6.42 Å². The highest BCUT2D eigenvalue weighted by molar-refractivity contribution is 9.10. The summed E-state index contributed by atoms with van der Waals surface area (Å²) in [6.07, 6.45) is 2.65. The Balaban J connectivity index is 1.59. The van der Waals surface area contributed by atoms with Gasteiger partial charge in [-0.1, -0.05) is 42.8 Å². The maximum Gasteiger partial charge on any atom is 0.224 e. The van der Waals surface area contributed by atoms with Gasteiger partial charge in [0.1, 0.15) is 0 Å². The van der Waals surface area contributed by atoms with Crippen LogP contribution in [0, 0.1) is 11.8 Å². The molecule has 3 rings (SSSR count). The summed E-state index contributed by atoms with van der Waals surface area (Å²) in [6.45, 7) is 14.5. The molecule has 1 aromatic carbocycles. The van der Waals surface area contributed by atoms with E-state index >= 15 is 0 Å². The van der Waals surface area contributed by atoms with Crippen molar-refractivity contribution in [3.05, 3.63) is 34.8 Å². The van der Waals surface area contributed by atoms with Crippen molar-refractivity contribution in [2.45, 2.75) is 46.5 Å². The molecular formula is C26H37BrN4O3. The zero-order chi connectivity index (χ0) is 24.8. The van der Waals surface area contributed by atoms with Crippen molar-refractivity contribution in [3.63, 3.8) is 0 Å². The fourth-order valence-corrected chi connectivity index (χ4v) is 5.25. The molecule has 0 bridgehead atoms. The molecule has 2 saturated heterocycles. The van der Waals surface area contributed by atoms with Crippen LogP contribution in [0.4, 0.5) is 5.69 Å². The van der Waals surface area contributed by atoms with Crippen LogP contribution in [-0.4, -0.2) is 71.7 Å². The number of nitrogens with zero attached hydrogens (tertiary/aromatic N) is 3. The number of piperidine rings is 1. The number of nitrogens with one attached hydrogen (secondary N) is 1. The molecule has 2 fully saturated rings. The Hall–Kier alpha value is -2.35. The molecule has 7 nitrogen and oxygen atoms in total. The molecule has 1 N–H and O–H groups in total. The molecule has 0 saturated carbocycles. The summed E-state index contributed by atoms with van der Waals surface area (Å²) in [5.74, 6) is 1.04. The van der Waals surface area contributed by atoms with E-state index in [0.29, 0.717) is 43.7 Å². The second-order valence-electron chi connectivity index (χ2n) is 9.59. The quantitative estimate of drug-likeness (QED) is 0.571. The van der Waals surface area contributed by atoms with Gasteiger partial charge in [0.05, 0.1) is 5.69 Å². The van der Waals surface area contributed by atoms with Crippen molar-refractivity contribution in [3.8, 4) is 0 Å². The molecule has 2 unspecified atom stereocenters. The van der Waals surface area contributed by atoms with Crippen molar-refractivity contribution < 1.29 is 14.4 Å². The topological polar surface area (TPSA) is 73.0 Å². The Morgan fingerprint density at radius 3 is 2.38 bits per heavy atom. The Morgan fingerprint density at radius 1 is 1.06 bits per heavy atom. The van der Waals surface area contributed by atoms with Crippen LogP contribution in [0.25, 0.3) is 5.70 Å². The maximum atomic E-state index is 12.7. The molecule has 0 aliphatic carbocycles. The second kappa shape index (κ2) is 11.9. The van der Waals surface area contributed by atoms with Gasteiger partial charge < -0.3 is 20.0 Å². The van der Waals surface area contributed by atoms with E-state index in [1.807, 2.05) is 18.2 Å². The lowest BCUT2D eigenvalue weighted by atomic mass is 9.88. The van der Waals surface area contributed by atoms with Gasteiger partial charge >= 0.3 is 0 Å². The minimum Gasteiger partial charge on any atom is -0.371 e. The SMILES string of the molecule is C=C(c1cc(Br)ccc1NC(=O)CCC(=O)N1CCN(C(C)=O)CC1)N1CC(C)CC(CC)C1. The molecule has 34 heavy (non-hydrogen) atoms. The smallest absolute Gasteiger partial charge is 0.224 e. The second-order valence-corrected chi connectivity index (χ2v) is 10.5. The number of anilines is 1. The molecule has 2 aliphatic rings. The van der Waals surface area contributed by atoms with Crippen molar-refractivity contribution in [1.82, 2.24) is 14.7 Å². The molecule has 2 atom stereocenters. The van der Waals surface area contributed by atoms with E-state index in [0.717, 1.165) is 35.2 Å². The molecule has 2 aliphatic heterocycles. The first kappa shape index (κ1) is 26.3. The fraction of sp³-hybridized carbons (Fsp3) is 0.577. The molecule has 0 aromatic heterocycles. The van der Waals surface area contributed by atoms with Crippen LogP contribution in [0.3, 0.4) is 0 Å². The van der Waals surface area contributed by atoms with E-state index in [-0.39, 0.29) is 30.6 Å². The number of hydrogen-bond donors (Lipinski definition) is 1. The largest absolute Gasteiger partial charge is 0.371 e. The minimum atomic E-state index is -0.189. The summed E-state index contributed by atoms with van der Waals surface area (Å²) in [5, 5.41) is 3.00. The van der Waals surface area contributed by atoms with Crippen molar-refractivity contribution in [1.29, 1.82) is 0 Å². The molecular weight excluding hydrogens is 496 g/mol. The van der Waals surface area contributed by atoms with Crippen molar-refractivity contribution in [2.75, 3.05) is 44.6 Å².